The molecular formula is C22H28IN7O2. The first-order valence-electron chi connectivity index (χ1n) is 10.3. The molecule has 0 bridgehead atoms. The first kappa shape index (κ1) is 23.8. The molecule has 32 heavy (non-hydrogen) atoms. The highest BCUT2D eigenvalue weighted by molar-refractivity contribution is 14.0. The Kier molecular flexibility index (Phi) is 7.89. The van der Waals surface area contributed by atoms with Crippen LogP contribution in [0, 0.1) is 6.92 Å². The lowest BCUT2D eigenvalue weighted by Gasteiger charge is -2.35. The normalized spacial score (nSPS) is 14.5. The van der Waals surface area contributed by atoms with E-state index in [-0.39, 0.29) is 36.4 Å². The smallest absolute Gasteiger partial charge is 0.246 e. The summed E-state index contributed by atoms with van der Waals surface area (Å²) in [4.78, 5) is 25.3. The Balaban J connectivity index is 0.00000289. The summed E-state index contributed by atoms with van der Waals surface area (Å²) < 4.78 is 7.32. The molecule has 4 rings (SSSR count). The third-order valence-electron chi connectivity index (χ3n) is 5.25. The van der Waals surface area contributed by atoms with E-state index >= 15 is 0 Å². The fourth-order valence-corrected chi connectivity index (χ4v) is 3.56. The molecule has 1 aliphatic rings. The van der Waals surface area contributed by atoms with Gasteiger partial charge in [-0.25, -0.2) is 4.98 Å². The summed E-state index contributed by atoms with van der Waals surface area (Å²) in [7, 11) is 3.57. The van der Waals surface area contributed by atoms with Gasteiger partial charge in [-0.05, 0) is 19.1 Å². The molecule has 0 unspecified atom stereocenters. The van der Waals surface area contributed by atoms with E-state index in [0.717, 1.165) is 16.9 Å². The number of aryl methyl sites for hydroxylation is 2. The number of amides is 1. The lowest BCUT2D eigenvalue weighted by molar-refractivity contribution is -0.120. The van der Waals surface area contributed by atoms with Crippen molar-refractivity contribution in [2.75, 3.05) is 38.1 Å². The first-order valence-corrected chi connectivity index (χ1v) is 10.3. The van der Waals surface area contributed by atoms with Crippen LogP contribution >= 0.6 is 24.0 Å². The molecule has 0 saturated carbocycles. The molecule has 0 radical (unpaired) electrons. The lowest BCUT2D eigenvalue weighted by atomic mass is 10.1. The zero-order valence-corrected chi connectivity index (χ0v) is 20.8. The summed E-state index contributed by atoms with van der Waals surface area (Å²) in [6.07, 6.45) is 5.95. The van der Waals surface area contributed by atoms with Crippen LogP contribution in [0.3, 0.4) is 0 Å². The van der Waals surface area contributed by atoms with Crippen molar-refractivity contribution >= 4 is 41.5 Å². The zero-order valence-electron chi connectivity index (χ0n) is 18.5. The molecule has 3 aromatic rings. The lowest BCUT2D eigenvalue weighted by Crippen LogP contribution is -2.55. The number of nitrogens with one attached hydrogen (secondary N) is 1. The highest BCUT2D eigenvalue weighted by atomic mass is 127. The van der Waals surface area contributed by atoms with Crippen LogP contribution < -0.4 is 10.2 Å². The number of anilines is 1. The van der Waals surface area contributed by atoms with Crippen LogP contribution in [-0.4, -0.2) is 64.8 Å². The number of benzene rings is 1. The molecule has 3 heterocycles. The molecule has 0 aliphatic carbocycles. The highest BCUT2D eigenvalue weighted by Gasteiger charge is 2.27. The van der Waals surface area contributed by atoms with E-state index in [1.807, 2.05) is 42.4 Å². The van der Waals surface area contributed by atoms with Crippen LogP contribution in [0.25, 0.3) is 11.5 Å². The summed E-state index contributed by atoms with van der Waals surface area (Å²) in [6.45, 7) is 4.26. The topological polar surface area (TPSA) is 91.8 Å². The molecule has 2 aromatic heterocycles. The second kappa shape index (κ2) is 10.6. The molecule has 1 aromatic carbocycles. The first-order chi connectivity index (χ1) is 15.0. The highest BCUT2D eigenvalue weighted by Crippen LogP contribution is 2.19. The van der Waals surface area contributed by atoms with Gasteiger partial charge in [0.25, 0.3) is 0 Å². The number of rotatable bonds is 5. The molecular weight excluding hydrogens is 521 g/mol. The summed E-state index contributed by atoms with van der Waals surface area (Å²) in [5.41, 5.74) is 3.86. The number of aliphatic imine (C=N–C) groups is 1. The van der Waals surface area contributed by atoms with Crippen LogP contribution in [0.1, 0.15) is 11.3 Å². The molecule has 9 nitrogen and oxygen atoms in total. The predicted octanol–water partition coefficient (Wildman–Crippen LogP) is 2.47. The van der Waals surface area contributed by atoms with Gasteiger partial charge in [0, 0.05) is 51.9 Å². The van der Waals surface area contributed by atoms with Crippen LogP contribution in [0.15, 0.2) is 52.3 Å². The van der Waals surface area contributed by atoms with Gasteiger partial charge in [-0.3, -0.25) is 14.5 Å². The minimum atomic E-state index is 0. The van der Waals surface area contributed by atoms with Gasteiger partial charge in [0.05, 0.1) is 17.6 Å². The number of oxazole rings is 1. The van der Waals surface area contributed by atoms with E-state index in [1.165, 1.54) is 5.56 Å². The van der Waals surface area contributed by atoms with E-state index in [4.69, 9.17) is 4.42 Å². The van der Waals surface area contributed by atoms with Crippen molar-refractivity contribution < 1.29 is 9.21 Å². The van der Waals surface area contributed by atoms with Crippen molar-refractivity contribution in [3.63, 3.8) is 0 Å². The number of halogens is 1. The van der Waals surface area contributed by atoms with Gasteiger partial charge >= 0.3 is 0 Å². The van der Waals surface area contributed by atoms with Crippen molar-refractivity contribution in [3.05, 3.63) is 54.2 Å². The van der Waals surface area contributed by atoms with Gasteiger partial charge in [-0.1, -0.05) is 17.7 Å². The van der Waals surface area contributed by atoms with Crippen LogP contribution in [0.4, 0.5) is 5.69 Å². The molecule has 1 fully saturated rings. The summed E-state index contributed by atoms with van der Waals surface area (Å²) >= 11 is 0. The van der Waals surface area contributed by atoms with E-state index in [1.54, 1.807) is 29.1 Å². The number of piperazine rings is 1. The SMILES string of the molecule is CN=C(NCCc1coc(-c2ccc(C)cc2)n1)N1CCN(c2cnn(C)c2)C(=O)C1.I. The summed E-state index contributed by atoms with van der Waals surface area (Å²) in [5.74, 6) is 1.36. The molecule has 1 aliphatic heterocycles. The number of hydrogen-bond donors (Lipinski definition) is 1. The van der Waals surface area contributed by atoms with E-state index in [0.29, 0.717) is 37.9 Å². The van der Waals surface area contributed by atoms with Crippen molar-refractivity contribution in [3.8, 4) is 11.5 Å². The van der Waals surface area contributed by atoms with Crippen LogP contribution in [-0.2, 0) is 18.3 Å². The molecule has 10 heteroatoms. The maximum absolute atomic E-state index is 12.6. The van der Waals surface area contributed by atoms with Gasteiger partial charge < -0.3 is 19.5 Å². The Bertz CT molecular complexity index is 1070. The van der Waals surface area contributed by atoms with Crippen molar-refractivity contribution in [2.24, 2.45) is 12.0 Å². The van der Waals surface area contributed by atoms with E-state index in [2.05, 4.69) is 27.3 Å². The van der Waals surface area contributed by atoms with Crippen LogP contribution in [0.2, 0.25) is 0 Å². The fourth-order valence-electron chi connectivity index (χ4n) is 3.56. The minimum Gasteiger partial charge on any atom is -0.444 e. The van der Waals surface area contributed by atoms with Crippen molar-refractivity contribution in [1.29, 1.82) is 0 Å². The zero-order chi connectivity index (χ0) is 21.8. The molecule has 0 spiro atoms. The van der Waals surface area contributed by atoms with Gasteiger partial charge in [0.1, 0.15) is 12.8 Å². The second-order valence-electron chi connectivity index (χ2n) is 7.57. The molecule has 1 saturated heterocycles. The second-order valence-corrected chi connectivity index (χ2v) is 7.57. The number of aromatic nitrogens is 3. The Hall–Kier alpha value is -2.89. The molecule has 0 atom stereocenters. The maximum atomic E-state index is 12.6. The number of hydrogen-bond acceptors (Lipinski definition) is 5. The monoisotopic (exact) mass is 549 g/mol. The third-order valence-corrected chi connectivity index (χ3v) is 5.25. The number of guanidine groups is 1. The Labute approximate surface area is 204 Å². The largest absolute Gasteiger partial charge is 0.444 e. The van der Waals surface area contributed by atoms with Gasteiger partial charge in [0.2, 0.25) is 11.8 Å². The fraction of sp³-hybridized carbons (Fsp3) is 0.364. The number of carbonyl (C=O) groups excluding carboxylic acids is 1. The van der Waals surface area contributed by atoms with Crippen LogP contribution in [0.5, 0.6) is 0 Å². The summed E-state index contributed by atoms with van der Waals surface area (Å²) in [5, 5.41) is 7.48. The average Bonchev–Trinajstić information content (AvgIpc) is 3.41. The number of nitrogens with zero attached hydrogens (tertiary/aromatic N) is 6. The minimum absolute atomic E-state index is 0. The maximum Gasteiger partial charge on any atom is 0.246 e. The average molecular weight is 549 g/mol. The molecule has 170 valence electrons. The van der Waals surface area contributed by atoms with Gasteiger partial charge in [0.15, 0.2) is 5.96 Å². The van der Waals surface area contributed by atoms with Gasteiger partial charge in [-0.2, -0.15) is 5.10 Å². The standard InChI is InChI=1S/C22H27N7O2.HI/c1-16-4-6-17(7-5-16)21-26-18(15-31-21)8-9-24-22(23-2)28-10-11-29(20(30)14-28)19-12-25-27(3)13-19;/h4-7,12-13,15H,8-11,14H2,1-3H3,(H,23,24);1H. The van der Waals surface area contributed by atoms with E-state index in [9.17, 15) is 4.79 Å². The van der Waals surface area contributed by atoms with E-state index < -0.39 is 0 Å². The van der Waals surface area contributed by atoms with Crippen molar-refractivity contribution in [2.45, 2.75) is 13.3 Å². The molecule has 1 N–H and O–H groups in total. The number of carbonyl (C=O) groups is 1. The van der Waals surface area contributed by atoms with Gasteiger partial charge in [-0.15, -0.1) is 24.0 Å². The Morgan fingerprint density at radius 1 is 1.25 bits per heavy atom. The molecule has 1 amide bonds. The third kappa shape index (κ3) is 5.47. The van der Waals surface area contributed by atoms with Crippen molar-refractivity contribution in [1.82, 2.24) is 25.0 Å². The summed E-state index contributed by atoms with van der Waals surface area (Å²) in [6, 6.07) is 8.10. The quantitative estimate of drug-likeness (QED) is 0.299. The Morgan fingerprint density at radius 2 is 2.03 bits per heavy atom. The Morgan fingerprint density at radius 3 is 2.69 bits per heavy atom. The predicted molar refractivity (Wildman–Crippen MR) is 134 cm³/mol.